The maximum absolute atomic E-state index is 13.2. The molecule has 5 nitrogen and oxygen atoms in total. The van der Waals surface area contributed by atoms with Crippen LogP contribution in [0.2, 0.25) is 0 Å². The summed E-state index contributed by atoms with van der Waals surface area (Å²) in [6, 6.07) is 13.7. The van der Waals surface area contributed by atoms with Gasteiger partial charge in [0.25, 0.3) is 5.91 Å². The van der Waals surface area contributed by atoms with Gasteiger partial charge >= 0.3 is 0 Å². The molecule has 2 atom stereocenters. The third kappa shape index (κ3) is 6.70. The summed E-state index contributed by atoms with van der Waals surface area (Å²) in [5.41, 5.74) is 3.40. The van der Waals surface area contributed by atoms with E-state index in [1.807, 2.05) is 24.3 Å². The number of hydrogen-bond donors (Lipinski definition) is 3. The Hall–Kier alpha value is -2.15. The number of amides is 2. The maximum atomic E-state index is 13.2. The molecule has 2 rings (SSSR count). The van der Waals surface area contributed by atoms with E-state index < -0.39 is 29.6 Å². The predicted molar refractivity (Wildman–Crippen MR) is 113 cm³/mol. The molecule has 0 saturated carbocycles. The highest BCUT2D eigenvalue weighted by Gasteiger charge is 2.25. The molecule has 0 spiro atoms. The van der Waals surface area contributed by atoms with Crippen molar-refractivity contribution in [2.45, 2.75) is 29.8 Å². The van der Waals surface area contributed by atoms with Crippen LogP contribution >= 0.6 is 23.2 Å². The molecule has 0 heterocycles. The monoisotopic (exact) mass is 440 g/mol. The standard InChI is InChI=1S/C21H23Cl2FN2O3/c1-25-18(27)11-4-13-2-5-14(6-3-13)15-7-9-16(10-8-15)19(28)17(12-24)26-21(29)20(22)23/h2-3,5-10,17,19-20,28H,4,11-12H2,1H3,(H,25,27)(H,26,29)/t17-,19-/m1/s1. The van der Waals surface area contributed by atoms with Gasteiger partial charge in [0.1, 0.15) is 12.8 Å². The van der Waals surface area contributed by atoms with E-state index in [2.05, 4.69) is 10.6 Å². The summed E-state index contributed by atoms with van der Waals surface area (Å²) >= 11 is 10.9. The molecule has 0 aliphatic rings. The van der Waals surface area contributed by atoms with E-state index in [0.29, 0.717) is 18.4 Å². The maximum Gasteiger partial charge on any atom is 0.253 e. The fourth-order valence-corrected chi connectivity index (χ4v) is 2.93. The Morgan fingerprint density at radius 1 is 1.03 bits per heavy atom. The van der Waals surface area contributed by atoms with Gasteiger partial charge < -0.3 is 15.7 Å². The van der Waals surface area contributed by atoms with E-state index in [1.54, 1.807) is 31.3 Å². The molecule has 2 aromatic rings. The summed E-state index contributed by atoms with van der Waals surface area (Å²) in [6.07, 6.45) is -0.146. The van der Waals surface area contributed by atoms with Crippen LogP contribution in [-0.4, -0.2) is 41.5 Å². The fraction of sp³-hybridized carbons (Fsp3) is 0.333. The van der Waals surface area contributed by atoms with Crippen molar-refractivity contribution in [3.63, 3.8) is 0 Å². The predicted octanol–water partition coefficient (Wildman–Crippen LogP) is 3.32. The lowest BCUT2D eigenvalue weighted by molar-refractivity contribution is -0.121. The lowest BCUT2D eigenvalue weighted by atomic mass is 9.98. The van der Waals surface area contributed by atoms with Gasteiger partial charge in [0, 0.05) is 13.5 Å². The van der Waals surface area contributed by atoms with E-state index in [9.17, 15) is 19.1 Å². The van der Waals surface area contributed by atoms with Gasteiger partial charge in [0.05, 0.1) is 6.04 Å². The van der Waals surface area contributed by atoms with Gasteiger partial charge in [-0.05, 0) is 28.7 Å². The van der Waals surface area contributed by atoms with Gasteiger partial charge in [0.15, 0.2) is 4.84 Å². The van der Waals surface area contributed by atoms with Gasteiger partial charge in [-0.2, -0.15) is 0 Å². The van der Waals surface area contributed by atoms with Crippen LogP contribution in [-0.2, 0) is 16.0 Å². The Morgan fingerprint density at radius 3 is 2.07 bits per heavy atom. The smallest absolute Gasteiger partial charge is 0.253 e. The molecule has 2 aromatic carbocycles. The van der Waals surface area contributed by atoms with Crippen molar-refractivity contribution >= 4 is 35.0 Å². The number of hydrogen-bond acceptors (Lipinski definition) is 3. The van der Waals surface area contributed by atoms with Gasteiger partial charge in [-0.25, -0.2) is 4.39 Å². The average Bonchev–Trinajstić information content (AvgIpc) is 2.75. The number of aliphatic hydroxyl groups is 1. The van der Waals surface area contributed by atoms with Crippen molar-refractivity contribution in [3.05, 3.63) is 59.7 Å². The second-order valence-corrected chi connectivity index (χ2v) is 7.60. The number of halogens is 3. The third-order valence-corrected chi connectivity index (χ3v) is 4.93. The number of aliphatic hydroxyl groups excluding tert-OH is 1. The Bertz CT molecular complexity index is 814. The Kier molecular flexibility index (Phi) is 8.89. The van der Waals surface area contributed by atoms with Crippen molar-refractivity contribution < 1.29 is 19.1 Å². The molecule has 29 heavy (non-hydrogen) atoms. The molecule has 3 N–H and O–H groups in total. The number of nitrogens with one attached hydrogen (secondary N) is 2. The fourth-order valence-electron chi connectivity index (χ4n) is 2.80. The summed E-state index contributed by atoms with van der Waals surface area (Å²) in [5.74, 6) is -0.762. The quantitative estimate of drug-likeness (QED) is 0.523. The number of benzene rings is 2. The lowest BCUT2D eigenvalue weighted by Gasteiger charge is -2.22. The first-order valence-corrected chi connectivity index (χ1v) is 9.95. The average molecular weight is 441 g/mol. The van der Waals surface area contributed by atoms with Crippen molar-refractivity contribution in [3.8, 4) is 11.1 Å². The van der Waals surface area contributed by atoms with Crippen LogP contribution in [0.15, 0.2) is 48.5 Å². The largest absolute Gasteiger partial charge is 0.386 e. The van der Waals surface area contributed by atoms with Crippen molar-refractivity contribution in [1.82, 2.24) is 10.6 Å². The van der Waals surface area contributed by atoms with Crippen LogP contribution in [0.4, 0.5) is 4.39 Å². The minimum Gasteiger partial charge on any atom is -0.386 e. The number of rotatable bonds is 9. The molecule has 0 bridgehead atoms. The van der Waals surface area contributed by atoms with Crippen LogP contribution in [0.1, 0.15) is 23.7 Å². The van der Waals surface area contributed by atoms with Gasteiger partial charge in [0.2, 0.25) is 5.91 Å². The molecule has 0 aliphatic heterocycles. The third-order valence-electron chi connectivity index (χ3n) is 4.53. The summed E-state index contributed by atoms with van der Waals surface area (Å²) in [7, 11) is 1.61. The van der Waals surface area contributed by atoms with Crippen LogP contribution in [0.3, 0.4) is 0 Å². The lowest BCUT2D eigenvalue weighted by Crippen LogP contribution is -2.43. The van der Waals surface area contributed by atoms with E-state index in [-0.39, 0.29) is 5.91 Å². The second kappa shape index (κ2) is 11.1. The first kappa shape index (κ1) is 23.1. The first-order chi connectivity index (χ1) is 13.8. The summed E-state index contributed by atoms with van der Waals surface area (Å²) in [6.45, 7) is -0.966. The zero-order valence-electron chi connectivity index (χ0n) is 15.9. The van der Waals surface area contributed by atoms with E-state index in [1.165, 1.54) is 0 Å². The minimum absolute atomic E-state index is 0.00129. The molecule has 0 fully saturated rings. The molecule has 2 amide bonds. The highest BCUT2D eigenvalue weighted by Crippen LogP contribution is 2.24. The summed E-state index contributed by atoms with van der Waals surface area (Å²) in [5, 5.41) is 15.2. The zero-order valence-corrected chi connectivity index (χ0v) is 17.4. The highest BCUT2D eigenvalue weighted by atomic mass is 35.5. The van der Waals surface area contributed by atoms with Gasteiger partial charge in [-0.1, -0.05) is 71.7 Å². The van der Waals surface area contributed by atoms with Crippen LogP contribution in [0, 0.1) is 0 Å². The minimum atomic E-state index is -1.34. The molecule has 0 unspecified atom stereocenters. The van der Waals surface area contributed by atoms with Crippen molar-refractivity contribution in [2.75, 3.05) is 13.7 Å². The van der Waals surface area contributed by atoms with Crippen LogP contribution in [0.5, 0.6) is 0 Å². The molecule has 8 heteroatoms. The van der Waals surface area contributed by atoms with E-state index in [4.69, 9.17) is 23.2 Å². The molecular weight excluding hydrogens is 418 g/mol. The summed E-state index contributed by atoms with van der Waals surface area (Å²) in [4.78, 5) is 21.5. The first-order valence-electron chi connectivity index (χ1n) is 9.08. The topological polar surface area (TPSA) is 78.4 Å². The Balaban J connectivity index is 2.05. The highest BCUT2D eigenvalue weighted by molar-refractivity contribution is 6.53. The number of carbonyl (C=O) groups is 2. The number of aryl methyl sites for hydroxylation is 1. The van der Waals surface area contributed by atoms with Crippen molar-refractivity contribution in [1.29, 1.82) is 0 Å². The van der Waals surface area contributed by atoms with Gasteiger partial charge in [-0.3, -0.25) is 9.59 Å². The molecular formula is C21H23Cl2FN2O3. The molecule has 0 aromatic heterocycles. The number of carbonyl (C=O) groups excluding carboxylic acids is 2. The molecule has 0 aliphatic carbocycles. The van der Waals surface area contributed by atoms with Crippen LogP contribution < -0.4 is 10.6 Å². The second-order valence-electron chi connectivity index (χ2n) is 6.51. The van der Waals surface area contributed by atoms with Crippen molar-refractivity contribution in [2.24, 2.45) is 0 Å². The Labute approximate surface area is 179 Å². The summed E-state index contributed by atoms with van der Waals surface area (Å²) < 4.78 is 13.2. The van der Waals surface area contributed by atoms with Crippen LogP contribution in [0.25, 0.3) is 11.1 Å². The van der Waals surface area contributed by atoms with Gasteiger partial charge in [-0.15, -0.1) is 0 Å². The molecule has 156 valence electrons. The van der Waals surface area contributed by atoms with E-state index in [0.717, 1.165) is 16.7 Å². The zero-order chi connectivity index (χ0) is 21.4. The number of alkyl halides is 3. The molecule has 0 radical (unpaired) electrons. The Morgan fingerprint density at radius 2 is 1.59 bits per heavy atom. The molecule has 0 saturated heterocycles. The normalized spacial score (nSPS) is 13.0. The SMILES string of the molecule is CNC(=O)CCc1ccc(-c2ccc([C@@H](O)[C@@H](CF)NC(=O)C(Cl)Cl)cc2)cc1. The van der Waals surface area contributed by atoms with E-state index >= 15 is 0 Å².